The van der Waals surface area contributed by atoms with E-state index in [4.69, 9.17) is 9.47 Å². The Balaban J connectivity index is 1.77. The SMILES string of the molecule is COC(=O)c1ccc(C=CC(=C=O)c2ccccc2OCc2ccccc2)cc1. The molecule has 0 aliphatic heterocycles. The number of esters is 1. The Kier molecular flexibility index (Phi) is 6.77. The number of allylic oxidation sites excluding steroid dienone is 2. The lowest BCUT2D eigenvalue weighted by Crippen LogP contribution is -2.00. The maximum Gasteiger partial charge on any atom is 0.337 e. The normalized spacial score (nSPS) is 10.4. The number of carbonyl (C=O) groups excluding carboxylic acids is 2. The van der Waals surface area contributed by atoms with Crippen molar-refractivity contribution in [1.29, 1.82) is 0 Å². The standard InChI is InChI=1S/C25H20O4/c1-28-25(27)21-14-11-19(12-15-21)13-16-22(17-26)23-9-5-6-10-24(23)29-18-20-7-3-2-4-8-20/h2-16H,18H2,1H3. The predicted octanol–water partition coefficient (Wildman–Crippen LogP) is 4.98. The number of ether oxygens (including phenoxy) is 2. The van der Waals surface area contributed by atoms with Crippen LogP contribution in [0.15, 0.2) is 84.9 Å². The molecule has 0 atom stereocenters. The summed E-state index contributed by atoms with van der Waals surface area (Å²) in [7, 11) is 1.34. The van der Waals surface area contributed by atoms with Crippen LogP contribution in [-0.4, -0.2) is 19.0 Å². The van der Waals surface area contributed by atoms with Crippen LogP contribution in [0.4, 0.5) is 0 Å². The van der Waals surface area contributed by atoms with Crippen molar-refractivity contribution in [1.82, 2.24) is 0 Å². The fourth-order valence-electron chi connectivity index (χ4n) is 2.76. The molecule has 0 N–H and O–H groups in total. The number of benzene rings is 3. The third-order valence-electron chi connectivity index (χ3n) is 4.30. The van der Waals surface area contributed by atoms with Gasteiger partial charge in [0.05, 0.1) is 18.2 Å². The molecule has 0 fully saturated rings. The zero-order valence-electron chi connectivity index (χ0n) is 16.0. The molecule has 0 aromatic heterocycles. The lowest BCUT2D eigenvalue weighted by molar-refractivity contribution is 0.0600. The van der Waals surface area contributed by atoms with Gasteiger partial charge in [-0.2, -0.15) is 0 Å². The summed E-state index contributed by atoms with van der Waals surface area (Å²) < 4.78 is 10.6. The topological polar surface area (TPSA) is 52.6 Å². The van der Waals surface area contributed by atoms with Gasteiger partial charge in [-0.3, -0.25) is 0 Å². The second-order valence-electron chi connectivity index (χ2n) is 6.23. The van der Waals surface area contributed by atoms with Gasteiger partial charge in [0.1, 0.15) is 18.3 Å². The minimum atomic E-state index is -0.390. The van der Waals surface area contributed by atoms with Crippen molar-refractivity contribution in [2.75, 3.05) is 7.11 Å². The molecule has 3 aromatic carbocycles. The Hall–Kier alpha value is -3.88. The van der Waals surface area contributed by atoms with Crippen LogP contribution in [0.5, 0.6) is 5.75 Å². The Labute approximate surface area is 169 Å². The van der Waals surface area contributed by atoms with E-state index in [-0.39, 0.29) is 0 Å². The molecular formula is C25H20O4. The summed E-state index contributed by atoms with van der Waals surface area (Å²) in [5.74, 6) is 2.21. The van der Waals surface area contributed by atoms with Gasteiger partial charge in [0, 0.05) is 5.56 Å². The van der Waals surface area contributed by atoms with E-state index in [1.165, 1.54) is 7.11 Å². The minimum absolute atomic E-state index is 0.380. The average Bonchev–Trinajstić information content (AvgIpc) is 2.79. The van der Waals surface area contributed by atoms with Crippen LogP contribution in [-0.2, 0) is 16.1 Å². The third kappa shape index (κ3) is 5.32. The molecule has 0 radical (unpaired) electrons. The molecule has 29 heavy (non-hydrogen) atoms. The quantitative estimate of drug-likeness (QED) is 0.327. The monoisotopic (exact) mass is 384 g/mol. The maximum atomic E-state index is 11.6. The summed E-state index contributed by atoms with van der Waals surface area (Å²) in [4.78, 5) is 23.1. The Bertz CT molecular complexity index is 1040. The van der Waals surface area contributed by atoms with Gasteiger partial charge in [-0.05, 0) is 41.5 Å². The van der Waals surface area contributed by atoms with Crippen LogP contribution in [0.2, 0.25) is 0 Å². The zero-order chi connectivity index (χ0) is 20.5. The van der Waals surface area contributed by atoms with E-state index in [0.29, 0.717) is 29.1 Å². The van der Waals surface area contributed by atoms with Crippen molar-refractivity contribution in [2.24, 2.45) is 0 Å². The van der Waals surface area contributed by atoms with Crippen LogP contribution in [0, 0.1) is 0 Å². The molecule has 144 valence electrons. The van der Waals surface area contributed by atoms with Gasteiger partial charge >= 0.3 is 5.97 Å². The molecule has 0 aliphatic carbocycles. The van der Waals surface area contributed by atoms with Gasteiger partial charge < -0.3 is 9.47 Å². The fourth-order valence-corrected chi connectivity index (χ4v) is 2.76. The maximum absolute atomic E-state index is 11.6. The van der Waals surface area contributed by atoms with E-state index in [0.717, 1.165) is 11.1 Å². The number of carbonyl (C=O) groups is 1. The average molecular weight is 384 g/mol. The van der Waals surface area contributed by atoms with E-state index < -0.39 is 5.97 Å². The van der Waals surface area contributed by atoms with Crippen molar-refractivity contribution in [2.45, 2.75) is 6.61 Å². The van der Waals surface area contributed by atoms with Crippen LogP contribution in [0.1, 0.15) is 27.0 Å². The molecule has 0 saturated carbocycles. The molecule has 0 aliphatic rings. The smallest absolute Gasteiger partial charge is 0.337 e. The van der Waals surface area contributed by atoms with Crippen LogP contribution < -0.4 is 4.74 Å². The van der Waals surface area contributed by atoms with E-state index in [9.17, 15) is 9.59 Å². The predicted molar refractivity (Wildman–Crippen MR) is 113 cm³/mol. The number of hydrogen-bond donors (Lipinski definition) is 0. The fraction of sp³-hybridized carbons (Fsp3) is 0.0800. The second kappa shape index (κ2) is 9.88. The first-order chi connectivity index (χ1) is 14.2. The Morgan fingerprint density at radius 2 is 1.62 bits per heavy atom. The number of rotatable bonds is 7. The second-order valence-corrected chi connectivity index (χ2v) is 6.23. The van der Waals surface area contributed by atoms with Gasteiger partial charge in [-0.15, -0.1) is 0 Å². The molecule has 0 spiro atoms. The summed E-state index contributed by atoms with van der Waals surface area (Å²) in [6.45, 7) is 0.405. The first-order valence-corrected chi connectivity index (χ1v) is 9.09. The molecule has 3 rings (SSSR count). The van der Waals surface area contributed by atoms with Crippen LogP contribution in [0.3, 0.4) is 0 Å². The molecular weight excluding hydrogens is 364 g/mol. The number of para-hydroxylation sites is 1. The molecule has 0 heterocycles. The van der Waals surface area contributed by atoms with Crippen molar-refractivity contribution < 1.29 is 19.1 Å². The minimum Gasteiger partial charge on any atom is -0.488 e. The van der Waals surface area contributed by atoms with Crippen molar-refractivity contribution in [3.63, 3.8) is 0 Å². The molecule has 4 heteroatoms. The van der Waals surface area contributed by atoms with Crippen molar-refractivity contribution in [3.8, 4) is 5.75 Å². The number of methoxy groups -OCH3 is 1. The van der Waals surface area contributed by atoms with Crippen LogP contribution in [0.25, 0.3) is 11.6 Å². The van der Waals surface area contributed by atoms with Gasteiger partial charge in [0.15, 0.2) is 0 Å². The molecule has 4 nitrogen and oxygen atoms in total. The molecule has 0 amide bonds. The summed E-state index contributed by atoms with van der Waals surface area (Å²) in [5.41, 5.74) is 3.40. The highest BCUT2D eigenvalue weighted by molar-refractivity contribution is 5.97. The van der Waals surface area contributed by atoms with Crippen LogP contribution >= 0.6 is 0 Å². The van der Waals surface area contributed by atoms with Gasteiger partial charge in [-0.25, -0.2) is 9.59 Å². The van der Waals surface area contributed by atoms with E-state index >= 15 is 0 Å². The summed E-state index contributed by atoms with van der Waals surface area (Å²) >= 11 is 0. The molecule has 0 bridgehead atoms. The highest BCUT2D eigenvalue weighted by Crippen LogP contribution is 2.26. The first-order valence-electron chi connectivity index (χ1n) is 9.09. The van der Waals surface area contributed by atoms with Gasteiger partial charge in [-0.1, -0.05) is 60.7 Å². The van der Waals surface area contributed by atoms with Gasteiger partial charge in [0.25, 0.3) is 0 Å². The summed E-state index contributed by atoms with van der Waals surface area (Å²) in [6, 6.07) is 24.1. The number of hydrogen-bond acceptors (Lipinski definition) is 4. The van der Waals surface area contributed by atoms with Crippen molar-refractivity contribution >= 4 is 23.6 Å². The van der Waals surface area contributed by atoms with E-state index in [1.807, 2.05) is 60.5 Å². The first kappa shape index (κ1) is 19.9. The van der Waals surface area contributed by atoms with E-state index in [2.05, 4.69) is 0 Å². The molecule has 0 saturated heterocycles. The van der Waals surface area contributed by atoms with Gasteiger partial charge in [0.2, 0.25) is 0 Å². The lowest BCUT2D eigenvalue weighted by Gasteiger charge is -2.11. The lowest BCUT2D eigenvalue weighted by atomic mass is 10.0. The Morgan fingerprint density at radius 1 is 0.931 bits per heavy atom. The highest BCUT2D eigenvalue weighted by atomic mass is 16.5. The largest absolute Gasteiger partial charge is 0.488 e. The zero-order valence-corrected chi connectivity index (χ0v) is 16.0. The third-order valence-corrected chi connectivity index (χ3v) is 4.30. The summed E-state index contributed by atoms with van der Waals surface area (Å²) in [6.07, 6.45) is 3.47. The summed E-state index contributed by atoms with van der Waals surface area (Å²) in [5, 5.41) is 0. The highest BCUT2D eigenvalue weighted by Gasteiger charge is 2.08. The van der Waals surface area contributed by atoms with Crippen molar-refractivity contribution in [3.05, 3.63) is 107 Å². The van der Waals surface area contributed by atoms with E-state index in [1.54, 1.807) is 36.4 Å². The molecule has 3 aromatic rings. The molecule has 0 unspecified atom stereocenters. The Morgan fingerprint density at radius 3 is 2.31 bits per heavy atom.